The van der Waals surface area contributed by atoms with Crippen molar-refractivity contribution in [1.29, 1.82) is 0 Å². The highest BCUT2D eigenvalue weighted by Crippen LogP contribution is 2.19. The van der Waals surface area contributed by atoms with Crippen LogP contribution < -0.4 is 5.73 Å². The minimum absolute atomic E-state index is 0. The fraction of sp³-hybridized carbons (Fsp3) is 0.562. The Morgan fingerprint density at radius 3 is 2.21 bits per heavy atom. The van der Waals surface area contributed by atoms with Crippen molar-refractivity contribution < 1.29 is 11.0 Å². The Morgan fingerprint density at radius 2 is 1.74 bits per heavy atom. The van der Waals surface area contributed by atoms with Crippen LogP contribution in [0.25, 0.3) is 0 Å². The molecule has 108 valence electrons. The van der Waals surface area contributed by atoms with Gasteiger partial charge in [-0.15, -0.1) is 0 Å². The highest BCUT2D eigenvalue weighted by Gasteiger charge is 2.11. The Kier molecular flexibility index (Phi) is 6.03. The number of hydrogen-bond donors (Lipinski definition) is 1. The summed E-state index contributed by atoms with van der Waals surface area (Å²) < 4.78 is 5.15. The molecule has 1 rings (SSSR count). The number of carbonyl (C=O) groups is 1. The molecule has 0 saturated carbocycles. The van der Waals surface area contributed by atoms with Gasteiger partial charge in [-0.25, -0.2) is 4.79 Å². The van der Waals surface area contributed by atoms with Gasteiger partial charge in [0.05, 0.1) is 11.7 Å². The number of esters is 1. The molecule has 0 fully saturated rings. The minimum Gasteiger partial charge on any atom is -0.459 e. The Balaban J connectivity index is 0.00000361. The van der Waals surface area contributed by atoms with Gasteiger partial charge in [-0.2, -0.15) is 0 Å². The van der Waals surface area contributed by atoms with Gasteiger partial charge in [0, 0.05) is 7.47 Å². The Bertz CT molecular complexity index is 401. The average molecular weight is 265 g/mol. The quantitative estimate of drug-likeness (QED) is 0.793. The number of ether oxygens (including phenoxy) is 1. The molecule has 0 saturated heterocycles. The molecular weight excluding hydrogens is 238 g/mol. The summed E-state index contributed by atoms with van der Waals surface area (Å²) in [6.07, 6.45) is 1.98. The van der Waals surface area contributed by atoms with E-state index in [1.807, 2.05) is 26.0 Å². The summed E-state index contributed by atoms with van der Waals surface area (Å²) in [5.41, 5.74) is 7.78. The Hall–Kier alpha value is -1.35. The summed E-state index contributed by atoms with van der Waals surface area (Å²) >= 11 is 0. The van der Waals surface area contributed by atoms with Crippen LogP contribution in [0.4, 0.5) is 0 Å². The molecule has 2 N–H and O–H groups in total. The van der Waals surface area contributed by atoms with Crippen molar-refractivity contribution in [2.75, 3.05) is 0 Å². The fourth-order valence-electron chi connectivity index (χ4n) is 1.83. The lowest BCUT2D eigenvalue weighted by atomic mass is 9.97. The van der Waals surface area contributed by atoms with Crippen molar-refractivity contribution in [2.45, 2.75) is 52.7 Å². The van der Waals surface area contributed by atoms with Gasteiger partial charge >= 0.3 is 5.97 Å². The molecule has 0 unspecified atom stereocenters. The van der Waals surface area contributed by atoms with Gasteiger partial charge in [-0.3, -0.25) is 0 Å². The van der Waals surface area contributed by atoms with E-state index < -0.39 is 0 Å². The molecule has 1 aromatic rings. The third kappa shape index (κ3) is 5.43. The second kappa shape index (κ2) is 7.29. The van der Waals surface area contributed by atoms with E-state index in [-0.39, 0.29) is 19.5 Å². The van der Waals surface area contributed by atoms with Gasteiger partial charge < -0.3 is 10.5 Å². The largest absolute Gasteiger partial charge is 0.459 e. The molecule has 3 heteroatoms. The standard InChI is InChI=1S/C16H25NO2.H2/c1-11(2)5-10-15(17)13-6-8-14(9-7-13)16(18)19-12(3)4;/h6-9,11-12,15H,5,10,17H2,1-4H3;1H/t15-;/m1./s1. The topological polar surface area (TPSA) is 52.3 Å². The molecule has 0 aliphatic rings. The number of hydrogen-bond acceptors (Lipinski definition) is 3. The van der Waals surface area contributed by atoms with E-state index in [0.29, 0.717) is 11.5 Å². The van der Waals surface area contributed by atoms with E-state index in [1.54, 1.807) is 12.1 Å². The summed E-state index contributed by atoms with van der Waals surface area (Å²) in [7, 11) is 0. The molecular formula is C16H27NO2. The van der Waals surface area contributed by atoms with E-state index in [0.717, 1.165) is 18.4 Å². The number of carbonyl (C=O) groups excluding carboxylic acids is 1. The Morgan fingerprint density at radius 1 is 1.16 bits per heavy atom. The van der Waals surface area contributed by atoms with Gasteiger partial charge in [0.2, 0.25) is 0 Å². The zero-order chi connectivity index (χ0) is 14.4. The highest BCUT2D eigenvalue weighted by molar-refractivity contribution is 5.89. The van der Waals surface area contributed by atoms with Crippen molar-refractivity contribution in [3.63, 3.8) is 0 Å². The van der Waals surface area contributed by atoms with E-state index in [2.05, 4.69) is 13.8 Å². The predicted octanol–water partition coefficient (Wildman–Crippen LogP) is 3.93. The predicted molar refractivity (Wildman–Crippen MR) is 80.1 cm³/mol. The van der Waals surface area contributed by atoms with Crippen molar-refractivity contribution in [3.8, 4) is 0 Å². The second-order valence-electron chi connectivity index (χ2n) is 5.65. The molecule has 0 amide bonds. The zero-order valence-corrected chi connectivity index (χ0v) is 12.3. The van der Waals surface area contributed by atoms with Crippen LogP contribution in [-0.4, -0.2) is 12.1 Å². The highest BCUT2D eigenvalue weighted by atomic mass is 16.5. The maximum absolute atomic E-state index is 11.7. The van der Waals surface area contributed by atoms with Gasteiger partial charge in [0.1, 0.15) is 0 Å². The van der Waals surface area contributed by atoms with Crippen LogP contribution in [0.3, 0.4) is 0 Å². The van der Waals surface area contributed by atoms with Crippen LogP contribution in [0.5, 0.6) is 0 Å². The normalized spacial score (nSPS) is 12.8. The maximum atomic E-state index is 11.7. The number of nitrogens with two attached hydrogens (primary N) is 1. The molecule has 3 nitrogen and oxygen atoms in total. The van der Waals surface area contributed by atoms with E-state index in [4.69, 9.17) is 10.5 Å². The minimum atomic E-state index is -0.280. The molecule has 0 radical (unpaired) electrons. The molecule has 0 spiro atoms. The van der Waals surface area contributed by atoms with Gasteiger partial charge in [-0.1, -0.05) is 26.0 Å². The fourth-order valence-corrected chi connectivity index (χ4v) is 1.83. The van der Waals surface area contributed by atoms with Crippen molar-refractivity contribution >= 4 is 5.97 Å². The molecule has 0 aliphatic heterocycles. The summed E-state index contributed by atoms with van der Waals surface area (Å²) in [5, 5.41) is 0. The third-order valence-corrected chi connectivity index (χ3v) is 2.97. The van der Waals surface area contributed by atoms with Crippen LogP contribution in [0.15, 0.2) is 24.3 Å². The summed E-state index contributed by atoms with van der Waals surface area (Å²) in [6.45, 7) is 8.07. The van der Waals surface area contributed by atoms with Crippen LogP contribution in [0.2, 0.25) is 0 Å². The van der Waals surface area contributed by atoms with Gasteiger partial charge in [0.25, 0.3) is 0 Å². The molecule has 0 bridgehead atoms. The first kappa shape index (κ1) is 15.7. The first-order valence-corrected chi connectivity index (χ1v) is 6.96. The zero-order valence-electron chi connectivity index (χ0n) is 12.3. The van der Waals surface area contributed by atoms with E-state index >= 15 is 0 Å². The Labute approximate surface area is 117 Å². The molecule has 0 heterocycles. The lowest BCUT2D eigenvalue weighted by Gasteiger charge is -2.14. The molecule has 1 aromatic carbocycles. The number of rotatable bonds is 6. The first-order chi connectivity index (χ1) is 8.90. The van der Waals surface area contributed by atoms with Crippen LogP contribution in [0.1, 0.15) is 63.9 Å². The van der Waals surface area contributed by atoms with Crippen molar-refractivity contribution in [2.24, 2.45) is 11.7 Å². The first-order valence-electron chi connectivity index (χ1n) is 6.96. The third-order valence-electron chi connectivity index (χ3n) is 2.97. The van der Waals surface area contributed by atoms with Gasteiger partial charge in [-0.05, 0) is 50.3 Å². The lowest BCUT2D eigenvalue weighted by molar-refractivity contribution is 0.0378. The molecule has 19 heavy (non-hydrogen) atoms. The maximum Gasteiger partial charge on any atom is 0.338 e. The molecule has 0 aromatic heterocycles. The summed E-state index contributed by atoms with van der Waals surface area (Å²) in [4.78, 5) is 11.7. The van der Waals surface area contributed by atoms with Crippen molar-refractivity contribution in [1.82, 2.24) is 0 Å². The second-order valence-corrected chi connectivity index (χ2v) is 5.65. The van der Waals surface area contributed by atoms with Crippen LogP contribution >= 0.6 is 0 Å². The molecule has 0 aliphatic carbocycles. The lowest BCUT2D eigenvalue weighted by Crippen LogP contribution is -2.13. The number of benzene rings is 1. The molecule has 1 atom stereocenters. The van der Waals surface area contributed by atoms with Gasteiger partial charge in [0.15, 0.2) is 0 Å². The monoisotopic (exact) mass is 265 g/mol. The van der Waals surface area contributed by atoms with Crippen LogP contribution in [-0.2, 0) is 4.74 Å². The smallest absolute Gasteiger partial charge is 0.338 e. The van der Waals surface area contributed by atoms with E-state index in [9.17, 15) is 4.79 Å². The summed E-state index contributed by atoms with van der Waals surface area (Å²) in [6, 6.07) is 7.45. The summed E-state index contributed by atoms with van der Waals surface area (Å²) in [5.74, 6) is 0.378. The van der Waals surface area contributed by atoms with Crippen LogP contribution in [0, 0.1) is 5.92 Å². The average Bonchev–Trinajstić information content (AvgIpc) is 2.35. The SMILES string of the molecule is CC(C)CC[C@@H](N)c1ccc(C(=O)OC(C)C)cc1.[HH]. The van der Waals surface area contributed by atoms with Crippen molar-refractivity contribution in [3.05, 3.63) is 35.4 Å². The van der Waals surface area contributed by atoms with E-state index in [1.165, 1.54) is 0 Å².